The maximum absolute atomic E-state index is 3.65. The number of para-hydroxylation sites is 2. The molecule has 0 saturated heterocycles. The van der Waals surface area contributed by atoms with Crippen molar-refractivity contribution in [2.75, 3.05) is 4.90 Å². The molecule has 30 heavy (non-hydrogen) atoms. The van der Waals surface area contributed by atoms with Gasteiger partial charge in [0.15, 0.2) is 0 Å². The molecule has 2 aliphatic rings. The molecule has 148 valence electrons. The third-order valence-electron chi connectivity index (χ3n) is 7.25. The molecule has 4 aromatic carbocycles. The van der Waals surface area contributed by atoms with E-state index in [0.717, 1.165) is 4.47 Å². The summed E-state index contributed by atoms with van der Waals surface area (Å²) in [5, 5.41) is 2.61. The highest BCUT2D eigenvalue weighted by Crippen LogP contribution is 2.60. The molecule has 0 spiro atoms. The number of nitrogens with zero attached hydrogens (tertiary/aromatic N) is 1. The maximum Gasteiger partial charge on any atom is 0.0543 e. The Hall–Kier alpha value is -2.58. The van der Waals surface area contributed by atoms with Crippen LogP contribution in [0.3, 0.4) is 0 Å². The van der Waals surface area contributed by atoms with Gasteiger partial charge in [-0.3, -0.25) is 0 Å². The summed E-state index contributed by atoms with van der Waals surface area (Å²) < 4.78 is 1.12. The van der Waals surface area contributed by atoms with Crippen molar-refractivity contribution >= 4 is 43.8 Å². The molecule has 0 amide bonds. The highest BCUT2D eigenvalue weighted by atomic mass is 79.9. The molecule has 2 heteroatoms. The van der Waals surface area contributed by atoms with Crippen LogP contribution in [0.25, 0.3) is 10.8 Å². The topological polar surface area (TPSA) is 3.24 Å². The van der Waals surface area contributed by atoms with Gasteiger partial charge in [0.2, 0.25) is 0 Å². The molecule has 4 aromatic rings. The Morgan fingerprint density at radius 3 is 2.17 bits per heavy atom. The van der Waals surface area contributed by atoms with E-state index in [1.165, 1.54) is 50.1 Å². The molecule has 0 aromatic heterocycles. The van der Waals surface area contributed by atoms with Gasteiger partial charge in [-0.25, -0.2) is 0 Å². The molecule has 1 nitrogen and oxygen atoms in total. The van der Waals surface area contributed by atoms with E-state index in [1.54, 1.807) is 0 Å². The predicted molar refractivity (Wildman–Crippen MR) is 131 cm³/mol. The number of benzene rings is 4. The van der Waals surface area contributed by atoms with Crippen molar-refractivity contribution in [3.8, 4) is 0 Å². The SMILES string of the molecule is CC1(C)c2ccccc2N2c3ccc4cc(Br)ccc4c3C(C)(C)c3cccc1c32. The van der Waals surface area contributed by atoms with Gasteiger partial charge < -0.3 is 4.90 Å². The first-order valence-corrected chi connectivity index (χ1v) is 11.4. The highest BCUT2D eigenvalue weighted by molar-refractivity contribution is 9.10. The Balaban J connectivity index is 1.80. The van der Waals surface area contributed by atoms with Crippen molar-refractivity contribution in [1.82, 2.24) is 0 Å². The summed E-state index contributed by atoms with van der Waals surface area (Å²) in [6.07, 6.45) is 0. The molecule has 0 radical (unpaired) electrons. The summed E-state index contributed by atoms with van der Waals surface area (Å²) in [4.78, 5) is 2.52. The van der Waals surface area contributed by atoms with E-state index >= 15 is 0 Å². The number of fused-ring (bicyclic) bond motifs is 6. The molecule has 2 aliphatic heterocycles. The summed E-state index contributed by atoms with van der Waals surface area (Å²) in [7, 11) is 0. The maximum atomic E-state index is 3.65. The van der Waals surface area contributed by atoms with Crippen LogP contribution in [-0.4, -0.2) is 0 Å². The van der Waals surface area contributed by atoms with Gasteiger partial charge in [-0.1, -0.05) is 92.2 Å². The number of hydrogen-bond acceptors (Lipinski definition) is 1. The second kappa shape index (κ2) is 5.76. The lowest BCUT2D eigenvalue weighted by Gasteiger charge is -2.49. The smallest absolute Gasteiger partial charge is 0.0543 e. The minimum atomic E-state index is -0.0904. The Morgan fingerprint density at radius 2 is 1.37 bits per heavy atom. The van der Waals surface area contributed by atoms with Crippen molar-refractivity contribution in [2.45, 2.75) is 38.5 Å². The number of rotatable bonds is 0. The summed E-state index contributed by atoms with van der Waals surface area (Å²) in [5.74, 6) is 0. The second-order valence-electron chi connectivity index (χ2n) is 9.63. The fourth-order valence-corrected chi connectivity index (χ4v) is 6.15. The van der Waals surface area contributed by atoms with E-state index in [-0.39, 0.29) is 10.8 Å². The molecular formula is C28H24BrN. The molecule has 0 saturated carbocycles. The van der Waals surface area contributed by atoms with Crippen LogP contribution in [0.1, 0.15) is 49.9 Å². The van der Waals surface area contributed by atoms with Crippen LogP contribution in [0.2, 0.25) is 0 Å². The largest absolute Gasteiger partial charge is 0.309 e. The lowest BCUT2D eigenvalue weighted by molar-refractivity contribution is 0.600. The Morgan fingerprint density at radius 1 is 0.667 bits per heavy atom. The zero-order chi connectivity index (χ0) is 20.8. The standard InChI is InChI=1S/C28H24BrN/c1-27(2)20-8-5-6-11-23(20)30-24-15-12-17-16-18(29)13-14-19(17)25(24)28(3,4)22-10-7-9-21(27)26(22)30/h5-16H,1-4H3. The Bertz CT molecular complexity index is 1360. The molecule has 6 rings (SSSR count). The van der Waals surface area contributed by atoms with Crippen LogP contribution < -0.4 is 4.90 Å². The van der Waals surface area contributed by atoms with Crippen LogP contribution in [-0.2, 0) is 10.8 Å². The van der Waals surface area contributed by atoms with E-state index < -0.39 is 0 Å². The molecule has 0 unspecified atom stereocenters. The summed E-state index contributed by atoms with van der Waals surface area (Å²) in [6, 6.07) is 27.1. The Labute approximate surface area is 186 Å². The number of anilines is 3. The third-order valence-corrected chi connectivity index (χ3v) is 7.74. The van der Waals surface area contributed by atoms with Gasteiger partial charge in [0.05, 0.1) is 17.1 Å². The molecule has 0 aliphatic carbocycles. The van der Waals surface area contributed by atoms with Gasteiger partial charge in [-0.2, -0.15) is 0 Å². The fraction of sp³-hybridized carbons (Fsp3) is 0.214. The van der Waals surface area contributed by atoms with E-state index in [1.807, 2.05) is 0 Å². The van der Waals surface area contributed by atoms with Crippen LogP contribution in [0.5, 0.6) is 0 Å². The van der Waals surface area contributed by atoms with Crippen molar-refractivity contribution in [2.24, 2.45) is 0 Å². The summed E-state index contributed by atoms with van der Waals surface area (Å²) >= 11 is 3.65. The molecular weight excluding hydrogens is 430 g/mol. The lowest BCUT2D eigenvalue weighted by atomic mass is 9.66. The van der Waals surface area contributed by atoms with Gasteiger partial charge in [0, 0.05) is 15.3 Å². The minimum absolute atomic E-state index is 0.0340. The van der Waals surface area contributed by atoms with Crippen molar-refractivity contribution in [3.05, 3.63) is 99.5 Å². The van der Waals surface area contributed by atoms with Crippen LogP contribution >= 0.6 is 15.9 Å². The van der Waals surface area contributed by atoms with Crippen LogP contribution in [0, 0.1) is 0 Å². The van der Waals surface area contributed by atoms with E-state index in [2.05, 4.69) is 121 Å². The number of halogens is 1. The van der Waals surface area contributed by atoms with E-state index in [0.29, 0.717) is 0 Å². The Kier molecular flexibility index (Phi) is 3.50. The first-order valence-electron chi connectivity index (χ1n) is 10.6. The average Bonchev–Trinajstić information content (AvgIpc) is 2.72. The molecule has 2 heterocycles. The lowest BCUT2D eigenvalue weighted by Crippen LogP contribution is -2.38. The monoisotopic (exact) mass is 453 g/mol. The molecule has 0 N–H and O–H groups in total. The summed E-state index contributed by atoms with van der Waals surface area (Å²) in [6.45, 7) is 9.49. The zero-order valence-electron chi connectivity index (χ0n) is 17.8. The van der Waals surface area contributed by atoms with Crippen LogP contribution in [0.4, 0.5) is 17.1 Å². The van der Waals surface area contributed by atoms with Gasteiger partial charge in [-0.15, -0.1) is 0 Å². The van der Waals surface area contributed by atoms with Gasteiger partial charge >= 0.3 is 0 Å². The van der Waals surface area contributed by atoms with Crippen molar-refractivity contribution in [1.29, 1.82) is 0 Å². The third kappa shape index (κ3) is 2.13. The predicted octanol–water partition coefficient (Wildman–Crippen LogP) is 8.35. The van der Waals surface area contributed by atoms with E-state index in [4.69, 9.17) is 0 Å². The molecule has 0 fully saturated rings. The average molecular weight is 454 g/mol. The fourth-order valence-electron chi connectivity index (χ4n) is 5.77. The van der Waals surface area contributed by atoms with Crippen molar-refractivity contribution < 1.29 is 0 Å². The first kappa shape index (κ1) is 18.2. The van der Waals surface area contributed by atoms with Gasteiger partial charge in [0.25, 0.3) is 0 Å². The normalized spacial score (nSPS) is 17.3. The number of hydrogen-bond donors (Lipinski definition) is 0. The van der Waals surface area contributed by atoms with E-state index in [9.17, 15) is 0 Å². The first-order chi connectivity index (χ1) is 14.3. The molecule has 0 atom stereocenters. The zero-order valence-corrected chi connectivity index (χ0v) is 19.3. The van der Waals surface area contributed by atoms with Crippen LogP contribution in [0.15, 0.2) is 77.3 Å². The summed E-state index contributed by atoms with van der Waals surface area (Å²) in [5.41, 5.74) is 9.46. The molecule has 0 bridgehead atoms. The second-order valence-corrected chi connectivity index (χ2v) is 10.5. The van der Waals surface area contributed by atoms with Gasteiger partial charge in [-0.05, 0) is 57.3 Å². The van der Waals surface area contributed by atoms with Gasteiger partial charge in [0.1, 0.15) is 0 Å². The minimum Gasteiger partial charge on any atom is -0.309 e. The quantitative estimate of drug-likeness (QED) is 0.258. The van der Waals surface area contributed by atoms with Crippen molar-refractivity contribution in [3.63, 3.8) is 0 Å². The highest BCUT2D eigenvalue weighted by Gasteiger charge is 2.45.